The number of rotatable bonds is 6. The number of hydrogen-bond donors (Lipinski definition) is 1. The summed E-state index contributed by atoms with van der Waals surface area (Å²) in [5, 5.41) is 3.43. The van der Waals surface area contributed by atoms with Gasteiger partial charge in [0.2, 0.25) is 0 Å². The number of halogens is 1. The Kier molecular flexibility index (Phi) is 8.82. The van der Waals surface area contributed by atoms with E-state index >= 15 is 0 Å². The average molecular weight is 419 g/mol. The van der Waals surface area contributed by atoms with Gasteiger partial charge in [-0.1, -0.05) is 13.8 Å². The molecule has 126 valence electrons. The first-order valence-electron chi connectivity index (χ1n) is 8.18. The molecule has 1 N–H and O–H groups in total. The molecular formula is C16H30IN5. The highest BCUT2D eigenvalue weighted by Crippen LogP contribution is 2.23. The van der Waals surface area contributed by atoms with E-state index in [-0.39, 0.29) is 24.0 Å². The number of imidazole rings is 1. The first kappa shape index (κ1) is 19.3. The number of likely N-dealkylation sites (tertiary alicyclic amines) is 1. The number of aliphatic imine (C=N–C) groups is 1. The summed E-state index contributed by atoms with van der Waals surface area (Å²) in [5.41, 5.74) is 0. The first-order valence-corrected chi connectivity index (χ1v) is 8.18. The molecule has 1 aromatic rings. The molecule has 0 saturated carbocycles. The zero-order valence-electron chi connectivity index (χ0n) is 14.0. The summed E-state index contributed by atoms with van der Waals surface area (Å²) in [7, 11) is 0. The Morgan fingerprint density at radius 1 is 1.45 bits per heavy atom. The minimum Gasteiger partial charge on any atom is -0.357 e. The average Bonchev–Trinajstić information content (AvgIpc) is 3.08. The predicted molar refractivity (Wildman–Crippen MR) is 103 cm³/mol. The normalized spacial score (nSPS) is 18.6. The van der Waals surface area contributed by atoms with Crippen LogP contribution in [-0.2, 0) is 6.54 Å². The molecule has 5 nitrogen and oxygen atoms in total. The lowest BCUT2D eigenvalue weighted by Gasteiger charge is -2.22. The Labute approximate surface area is 151 Å². The fraction of sp³-hybridized carbons (Fsp3) is 0.750. The van der Waals surface area contributed by atoms with Crippen molar-refractivity contribution in [1.82, 2.24) is 19.8 Å². The van der Waals surface area contributed by atoms with E-state index in [0.717, 1.165) is 50.5 Å². The molecule has 1 aromatic heterocycles. The van der Waals surface area contributed by atoms with Crippen LogP contribution in [0, 0.1) is 11.8 Å². The van der Waals surface area contributed by atoms with Gasteiger partial charge in [-0.15, -0.1) is 24.0 Å². The Balaban J connectivity index is 0.00000242. The third-order valence-electron chi connectivity index (χ3n) is 3.90. The van der Waals surface area contributed by atoms with Gasteiger partial charge in [0.05, 0.1) is 12.9 Å². The molecule has 1 aliphatic rings. The summed E-state index contributed by atoms with van der Waals surface area (Å²) in [6, 6.07) is 0. The molecule has 0 aliphatic carbocycles. The topological polar surface area (TPSA) is 45.5 Å². The summed E-state index contributed by atoms with van der Waals surface area (Å²) < 4.78 is 2.07. The van der Waals surface area contributed by atoms with Crippen LogP contribution < -0.4 is 5.32 Å². The first-order chi connectivity index (χ1) is 10.2. The van der Waals surface area contributed by atoms with Gasteiger partial charge >= 0.3 is 0 Å². The van der Waals surface area contributed by atoms with Crippen LogP contribution in [-0.4, -0.2) is 46.6 Å². The Morgan fingerprint density at radius 3 is 2.91 bits per heavy atom. The van der Waals surface area contributed by atoms with E-state index in [1.54, 1.807) is 0 Å². The van der Waals surface area contributed by atoms with Crippen molar-refractivity contribution in [3.63, 3.8) is 0 Å². The maximum atomic E-state index is 4.77. The number of hydrogen-bond acceptors (Lipinski definition) is 2. The van der Waals surface area contributed by atoms with Crippen molar-refractivity contribution in [2.75, 3.05) is 26.2 Å². The molecule has 1 saturated heterocycles. The molecule has 0 bridgehead atoms. The van der Waals surface area contributed by atoms with Crippen LogP contribution in [0.5, 0.6) is 0 Å². The molecule has 0 radical (unpaired) electrons. The number of aromatic nitrogens is 2. The molecule has 1 atom stereocenters. The van der Waals surface area contributed by atoms with Crippen LogP contribution in [0.25, 0.3) is 0 Å². The summed E-state index contributed by atoms with van der Waals surface area (Å²) in [6.45, 7) is 11.6. The SMILES string of the molecule is CCNC(=NCCn1ccnc1)N1CCC(CC(C)C)C1.I. The van der Waals surface area contributed by atoms with Crippen molar-refractivity contribution in [3.05, 3.63) is 18.7 Å². The molecule has 22 heavy (non-hydrogen) atoms. The van der Waals surface area contributed by atoms with E-state index in [1.165, 1.54) is 12.8 Å². The lowest BCUT2D eigenvalue weighted by molar-refractivity contribution is 0.403. The van der Waals surface area contributed by atoms with Crippen molar-refractivity contribution >= 4 is 29.9 Å². The fourth-order valence-electron chi connectivity index (χ4n) is 3.00. The largest absolute Gasteiger partial charge is 0.357 e. The molecule has 0 aromatic carbocycles. The highest BCUT2D eigenvalue weighted by atomic mass is 127. The zero-order valence-corrected chi connectivity index (χ0v) is 16.4. The summed E-state index contributed by atoms with van der Waals surface area (Å²) >= 11 is 0. The van der Waals surface area contributed by atoms with E-state index in [1.807, 2.05) is 18.7 Å². The molecule has 1 fully saturated rings. The van der Waals surface area contributed by atoms with Crippen molar-refractivity contribution in [1.29, 1.82) is 0 Å². The van der Waals surface area contributed by atoms with Crippen molar-refractivity contribution < 1.29 is 0 Å². The quantitative estimate of drug-likeness (QED) is 0.438. The third kappa shape index (κ3) is 6.14. The number of nitrogens with zero attached hydrogens (tertiary/aromatic N) is 4. The second-order valence-corrected chi connectivity index (χ2v) is 6.27. The van der Waals surface area contributed by atoms with Crippen LogP contribution in [0.4, 0.5) is 0 Å². The van der Waals surface area contributed by atoms with Gasteiger partial charge in [-0.05, 0) is 31.6 Å². The standard InChI is InChI=1S/C16H29N5.HI/c1-4-18-16(19-7-10-20-9-6-17-13-20)21-8-5-15(12-21)11-14(2)3;/h6,9,13-15H,4-5,7-8,10-12H2,1-3H3,(H,18,19);1H. The van der Waals surface area contributed by atoms with Crippen LogP contribution in [0.15, 0.2) is 23.7 Å². The van der Waals surface area contributed by atoms with E-state index in [9.17, 15) is 0 Å². The van der Waals surface area contributed by atoms with Gasteiger partial charge in [0.15, 0.2) is 5.96 Å². The van der Waals surface area contributed by atoms with Crippen LogP contribution in [0.2, 0.25) is 0 Å². The summed E-state index contributed by atoms with van der Waals surface area (Å²) in [4.78, 5) is 11.2. The summed E-state index contributed by atoms with van der Waals surface area (Å²) in [6.07, 6.45) is 8.26. The molecule has 0 amide bonds. The van der Waals surface area contributed by atoms with E-state index in [2.05, 4.69) is 40.5 Å². The highest BCUT2D eigenvalue weighted by Gasteiger charge is 2.25. The maximum absolute atomic E-state index is 4.77. The summed E-state index contributed by atoms with van der Waals surface area (Å²) in [5.74, 6) is 2.68. The Bertz CT molecular complexity index is 430. The number of guanidine groups is 1. The third-order valence-corrected chi connectivity index (χ3v) is 3.90. The van der Waals surface area contributed by atoms with Crippen molar-refractivity contribution in [3.8, 4) is 0 Å². The maximum Gasteiger partial charge on any atom is 0.193 e. The molecule has 2 rings (SSSR count). The molecule has 1 aliphatic heterocycles. The smallest absolute Gasteiger partial charge is 0.193 e. The number of nitrogens with one attached hydrogen (secondary N) is 1. The predicted octanol–water partition coefficient (Wildman–Crippen LogP) is 2.83. The van der Waals surface area contributed by atoms with Crippen molar-refractivity contribution in [2.24, 2.45) is 16.8 Å². The van der Waals surface area contributed by atoms with Crippen molar-refractivity contribution in [2.45, 2.75) is 40.2 Å². The van der Waals surface area contributed by atoms with Gasteiger partial charge in [0.1, 0.15) is 0 Å². The molecule has 2 heterocycles. The molecule has 6 heteroatoms. The Hall–Kier alpha value is -0.790. The van der Waals surface area contributed by atoms with Crippen LogP contribution in [0.1, 0.15) is 33.6 Å². The minimum absolute atomic E-state index is 0. The molecule has 0 spiro atoms. The zero-order chi connectivity index (χ0) is 15.1. The molecule has 1 unspecified atom stereocenters. The van der Waals surface area contributed by atoms with Gasteiger partial charge in [0, 0.05) is 38.6 Å². The monoisotopic (exact) mass is 419 g/mol. The second kappa shape index (κ2) is 10.1. The van der Waals surface area contributed by atoms with Crippen LogP contribution in [0.3, 0.4) is 0 Å². The second-order valence-electron chi connectivity index (χ2n) is 6.27. The van der Waals surface area contributed by atoms with Gasteiger partial charge in [-0.3, -0.25) is 4.99 Å². The lowest BCUT2D eigenvalue weighted by atomic mass is 9.97. The minimum atomic E-state index is 0. The lowest BCUT2D eigenvalue weighted by Crippen LogP contribution is -2.40. The van der Waals surface area contributed by atoms with E-state index in [4.69, 9.17) is 4.99 Å². The van der Waals surface area contributed by atoms with Gasteiger partial charge < -0.3 is 14.8 Å². The van der Waals surface area contributed by atoms with Crippen LogP contribution >= 0.6 is 24.0 Å². The Morgan fingerprint density at radius 2 is 2.27 bits per heavy atom. The molecular weight excluding hydrogens is 389 g/mol. The van der Waals surface area contributed by atoms with E-state index in [0.29, 0.717) is 0 Å². The van der Waals surface area contributed by atoms with Gasteiger partial charge in [-0.2, -0.15) is 0 Å². The van der Waals surface area contributed by atoms with E-state index < -0.39 is 0 Å². The van der Waals surface area contributed by atoms with Gasteiger partial charge in [0.25, 0.3) is 0 Å². The van der Waals surface area contributed by atoms with Gasteiger partial charge in [-0.25, -0.2) is 4.98 Å². The highest BCUT2D eigenvalue weighted by molar-refractivity contribution is 14.0. The fourth-order valence-corrected chi connectivity index (χ4v) is 3.00.